The molecule has 3 rings (SSSR count). The number of halogens is 2. The van der Waals surface area contributed by atoms with Crippen LogP contribution in [-0.2, 0) is 0 Å². The number of alkyl halides is 2. The van der Waals surface area contributed by atoms with Crippen LogP contribution in [0.5, 0.6) is 0 Å². The van der Waals surface area contributed by atoms with Crippen molar-refractivity contribution in [3.8, 4) is 0 Å². The lowest BCUT2D eigenvalue weighted by molar-refractivity contribution is 0.138. The molecule has 0 unspecified atom stereocenters. The number of benzene rings is 1. The number of rotatable bonds is 7. The molecule has 7 heteroatoms. The molecule has 1 aliphatic carbocycles. The monoisotopic (exact) mass is 466 g/mol. The van der Waals surface area contributed by atoms with Gasteiger partial charge in [-0.05, 0) is 69.2 Å². The molecule has 1 aliphatic rings. The van der Waals surface area contributed by atoms with Crippen molar-refractivity contribution < 1.29 is 11.6 Å². The summed E-state index contributed by atoms with van der Waals surface area (Å²) in [5.41, 5.74) is 2.24. The maximum Gasteiger partial charge on any atom is 0.250 e. The van der Waals surface area contributed by atoms with E-state index in [1.54, 1.807) is 6.92 Å². The molecule has 1 saturated carbocycles. The van der Waals surface area contributed by atoms with Crippen LogP contribution < -0.4 is 10.6 Å². The highest BCUT2D eigenvalue weighted by Gasteiger charge is 2.14. The molecule has 0 saturated heterocycles. The molecule has 0 atom stereocenters. The lowest BCUT2D eigenvalue weighted by atomic mass is 9.96. The number of fused-ring (bicyclic) bond motifs is 1. The van der Waals surface area contributed by atoms with Gasteiger partial charge in [0, 0.05) is 31.4 Å². The molecule has 4 nitrogen and oxygen atoms in total. The van der Waals surface area contributed by atoms with E-state index in [-0.39, 0.29) is 9.40 Å². The molecular weight excluding hydrogens is 426 g/mol. The van der Waals surface area contributed by atoms with Crippen LogP contribution in [-0.4, -0.2) is 35.1 Å². The zero-order valence-electron chi connectivity index (χ0n) is 19.6. The molecule has 0 amide bonds. The lowest BCUT2D eigenvalue weighted by Gasteiger charge is -2.22. The van der Waals surface area contributed by atoms with Gasteiger partial charge < -0.3 is 10.6 Å². The summed E-state index contributed by atoms with van der Waals surface area (Å²) in [5.74, 6) is 0.885. The largest absolute Gasteiger partial charge is 0.368 e. The summed E-state index contributed by atoms with van der Waals surface area (Å²) in [5, 5.41) is 16.6. The van der Waals surface area contributed by atoms with Gasteiger partial charge in [0.2, 0.25) is 0 Å². The Morgan fingerprint density at radius 2 is 1.94 bits per heavy atom. The second-order valence-corrected chi connectivity index (χ2v) is 9.91. The first-order valence-corrected chi connectivity index (χ1v) is 12.1. The first-order valence-electron chi connectivity index (χ1n) is 11.3. The number of pyridine rings is 1. The number of hydrogen-bond donors (Lipinski definition) is 3. The summed E-state index contributed by atoms with van der Waals surface area (Å²) in [7, 11) is 0. The van der Waals surface area contributed by atoms with Crippen molar-refractivity contribution in [1.82, 2.24) is 10.3 Å². The van der Waals surface area contributed by atoms with E-state index in [2.05, 4.69) is 61.2 Å². The SMILES string of the molecule is C=C(SC(C)=N)c1cc(C)c2cnc(NC(C)C)cc2c1.FC(F)CNC1CCCCC1.[HH].[HH]. The molecule has 2 aromatic rings. The average Bonchev–Trinajstić information content (AvgIpc) is 2.72. The minimum absolute atomic E-state index is 0. The Hall–Kier alpha value is -1.99. The molecule has 1 heterocycles. The van der Waals surface area contributed by atoms with Gasteiger partial charge in [-0.3, -0.25) is 5.41 Å². The summed E-state index contributed by atoms with van der Waals surface area (Å²) in [6, 6.07) is 7.01. The second-order valence-electron chi connectivity index (χ2n) is 8.60. The van der Waals surface area contributed by atoms with Crippen LogP contribution in [0, 0.1) is 12.3 Å². The van der Waals surface area contributed by atoms with E-state index in [4.69, 9.17) is 5.41 Å². The fourth-order valence-corrected chi connectivity index (χ4v) is 4.39. The molecule has 0 spiro atoms. The van der Waals surface area contributed by atoms with E-state index >= 15 is 0 Å². The minimum Gasteiger partial charge on any atom is -0.368 e. The standard InChI is InChI=1S/C17H21N3S.C8H15F2N.2H2/c1-10(2)20-17-8-15-7-14(12(4)21-13(5)18)6-11(3)16(15)9-19-17;9-8(10)6-11-7-4-2-1-3-5-7;;/h6-10,18H,4H2,1-3,5H3,(H,19,20);7-8,11H,1-6H2;2*1H. The topological polar surface area (TPSA) is 60.8 Å². The van der Waals surface area contributed by atoms with Crippen molar-refractivity contribution in [2.45, 2.75) is 78.3 Å². The van der Waals surface area contributed by atoms with Gasteiger partial charge in [0.25, 0.3) is 6.43 Å². The fourth-order valence-electron chi connectivity index (χ4n) is 3.78. The van der Waals surface area contributed by atoms with Crippen molar-refractivity contribution in [2.75, 3.05) is 11.9 Å². The molecule has 0 aliphatic heterocycles. The third-order valence-electron chi connectivity index (χ3n) is 5.24. The van der Waals surface area contributed by atoms with Crippen LogP contribution >= 0.6 is 11.8 Å². The maximum absolute atomic E-state index is 11.7. The third-order valence-corrected chi connectivity index (χ3v) is 6.03. The zero-order chi connectivity index (χ0) is 23.7. The van der Waals surface area contributed by atoms with Crippen LogP contribution in [0.15, 0.2) is 31.0 Å². The average molecular weight is 467 g/mol. The number of hydrogen-bond acceptors (Lipinski definition) is 5. The number of nitrogens with zero attached hydrogens (tertiary/aromatic N) is 1. The van der Waals surface area contributed by atoms with Crippen LogP contribution in [0.2, 0.25) is 0 Å². The highest BCUT2D eigenvalue weighted by atomic mass is 32.2. The highest BCUT2D eigenvalue weighted by Crippen LogP contribution is 2.31. The first-order chi connectivity index (χ1) is 15.2. The maximum atomic E-state index is 11.7. The number of thioether (sulfide) groups is 1. The van der Waals surface area contributed by atoms with Crippen molar-refractivity contribution in [2.24, 2.45) is 0 Å². The summed E-state index contributed by atoms with van der Waals surface area (Å²) in [6.07, 6.45) is 5.53. The fraction of sp³-hybridized carbons (Fsp3) is 0.520. The summed E-state index contributed by atoms with van der Waals surface area (Å²) in [4.78, 5) is 5.36. The number of nitrogens with one attached hydrogen (secondary N) is 3. The molecule has 1 aromatic heterocycles. The summed E-state index contributed by atoms with van der Waals surface area (Å²) in [6.45, 7) is 12.0. The van der Waals surface area contributed by atoms with Gasteiger partial charge in [0.1, 0.15) is 5.82 Å². The van der Waals surface area contributed by atoms with E-state index in [1.807, 2.05) is 6.20 Å². The smallest absolute Gasteiger partial charge is 0.250 e. The zero-order valence-corrected chi connectivity index (χ0v) is 20.4. The minimum atomic E-state index is -2.20. The molecule has 1 fully saturated rings. The lowest BCUT2D eigenvalue weighted by Crippen LogP contribution is -2.34. The van der Waals surface area contributed by atoms with Gasteiger partial charge >= 0.3 is 0 Å². The predicted molar refractivity (Wildman–Crippen MR) is 140 cm³/mol. The first kappa shape index (κ1) is 26.3. The van der Waals surface area contributed by atoms with E-state index in [0.717, 1.165) is 39.9 Å². The Labute approximate surface area is 198 Å². The Morgan fingerprint density at radius 3 is 2.53 bits per heavy atom. The van der Waals surface area contributed by atoms with Gasteiger partial charge in [-0.1, -0.05) is 43.7 Å². The summed E-state index contributed by atoms with van der Waals surface area (Å²) < 4.78 is 23.5. The van der Waals surface area contributed by atoms with Crippen molar-refractivity contribution in [3.63, 3.8) is 0 Å². The predicted octanol–water partition coefficient (Wildman–Crippen LogP) is 7.73. The van der Waals surface area contributed by atoms with Crippen molar-refractivity contribution in [1.29, 1.82) is 5.41 Å². The third kappa shape index (κ3) is 8.87. The second kappa shape index (κ2) is 12.9. The molecule has 0 radical (unpaired) electrons. The van der Waals surface area contributed by atoms with Crippen LogP contribution in [0.4, 0.5) is 14.6 Å². The number of aromatic nitrogens is 1. The Morgan fingerprint density at radius 1 is 1.25 bits per heavy atom. The van der Waals surface area contributed by atoms with Crippen LogP contribution in [0.3, 0.4) is 0 Å². The molecule has 1 aromatic carbocycles. The van der Waals surface area contributed by atoms with E-state index < -0.39 is 6.43 Å². The van der Waals surface area contributed by atoms with Crippen molar-refractivity contribution >= 4 is 38.3 Å². The van der Waals surface area contributed by atoms with E-state index in [0.29, 0.717) is 17.1 Å². The van der Waals surface area contributed by atoms with E-state index in [1.165, 1.54) is 36.6 Å². The van der Waals surface area contributed by atoms with Crippen molar-refractivity contribution in [3.05, 3.63) is 42.1 Å². The highest BCUT2D eigenvalue weighted by molar-refractivity contribution is 8.21. The summed E-state index contributed by atoms with van der Waals surface area (Å²) >= 11 is 1.40. The molecule has 3 N–H and O–H groups in total. The molecule has 32 heavy (non-hydrogen) atoms. The quantitative estimate of drug-likeness (QED) is 0.289. The Bertz CT molecular complexity index is 919. The Balaban J connectivity index is 0.000000716. The Kier molecular flexibility index (Phi) is 10.6. The van der Waals surface area contributed by atoms with Gasteiger partial charge in [-0.2, -0.15) is 0 Å². The molecule has 0 bridgehead atoms. The molecular formula is C25H40F2N4S. The van der Waals surface area contributed by atoms with E-state index in [9.17, 15) is 8.78 Å². The van der Waals surface area contributed by atoms with Gasteiger partial charge in [0.15, 0.2) is 0 Å². The van der Waals surface area contributed by atoms with Gasteiger partial charge in [-0.15, -0.1) is 0 Å². The van der Waals surface area contributed by atoms with Crippen LogP contribution in [0.25, 0.3) is 15.7 Å². The number of aryl methyl sites for hydroxylation is 1. The van der Waals surface area contributed by atoms with Gasteiger partial charge in [-0.25, -0.2) is 13.8 Å². The van der Waals surface area contributed by atoms with Gasteiger partial charge in [0.05, 0.1) is 11.6 Å². The molecule has 180 valence electrons. The number of anilines is 1. The van der Waals surface area contributed by atoms with Crippen LogP contribution in [0.1, 0.15) is 66.9 Å². The normalized spacial score (nSPS) is 14.4.